The summed E-state index contributed by atoms with van der Waals surface area (Å²) in [6.07, 6.45) is 0.633. The molecule has 114 valence electrons. The number of rotatable bonds is 4. The largest absolute Gasteiger partial charge is 0.339 e. The van der Waals surface area contributed by atoms with E-state index in [0.717, 1.165) is 0 Å². The highest BCUT2D eigenvalue weighted by Crippen LogP contribution is 2.09. The highest BCUT2D eigenvalue weighted by Gasteiger charge is 2.28. The lowest BCUT2D eigenvalue weighted by Gasteiger charge is -2.34. The summed E-state index contributed by atoms with van der Waals surface area (Å²) >= 11 is 0. The summed E-state index contributed by atoms with van der Waals surface area (Å²) in [5.41, 5.74) is 5.82. The number of hydrogen-bond acceptors (Lipinski definition) is 4. The van der Waals surface area contributed by atoms with Gasteiger partial charge in [0.2, 0.25) is 5.91 Å². The molecular formula is C10H23ClN4O3S. The molecule has 1 atom stereocenters. The minimum atomic E-state index is -3.65. The molecule has 1 aliphatic rings. The first-order valence-electron chi connectivity index (χ1n) is 6.04. The Morgan fingerprint density at radius 3 is 2.05 bits per heavy atom. The lowest BCUT2D eigenvalue weighted by molar-refractivity contribution is -0.134. The predicted octanol–water partition coefficient (Wildman–Crippen LogP) is -0.871. The van der Waals surface area contributed by atoms with Crippen molar-refractivity contribution in [2.24, 2.45) is 16.8 Å². The lowest BCUT2D eigenvalue weighted by atomic mass is 10.0. The fraction of sp³-hybridized carbons (Fsp3) is 0.900. The van der Waals surface area contributed by atoms with Gasteiger partial charge in [-0.05, 0) is 12.3 Å². The van der Waals surface area contributed by atoms with E-state index in [-0.39, 0.29) is 31.4 Å². The fourth-order valence-corrected chi connectivity index (χ4v) is 2.68. The molecule has 0 aliphatic carbocycles. The van der Waals surface area contributed by atoms with E-state index in [1.54, 1.807) is 4.90 Å². The Hall–Kier alpha value is -0.410. The number of nitrogens with zero attached hydrogens (tertiary/aromatic N) is 2. The molecule has 4 N–H and O–H groups in total. The molecule has 1 fully saturated rings. The maximum atomic E-state index is 12.0. The average Bonchev–Trinajstić information content (AvgIpc) is 2.26. The molecule has 1 amide bonds. The van der Waals surface area contributed by atoms with E-state index in [2.05, 4.69) is 0 Å². The maximum Gasteiger partial charge on any atom is 0.277 e. The van der Waals surface area contributed by atoms with Crippen molar-refractivity contribution < 1.29 is 13.2 Å². The second-order valence-electron chi connectivity index (χ2n) is 5.01. The zero-order chi connectivity index (χ0) is 13.9. The van der Waals surface area contributed by atoms with Crippen molar-refractivity contribution in [2.75, 3.05) is 26.2 Å². The molecule has 1 rings (SSSR count). The van der Waals surface area contributed by atoms with Crippen LogP contribution in [0.5, 0.6) is 0 Å². The van der Waals surface area contributed by atoms with Gasteiger partial charge < -0.3 is 10.6 Å². The van der Waals surface area contributed by atoms with Crippen LogP contribution < -0.4 is 10.9 Å². The van der Waals surface area contributed by atoms with Crippen molar-refractivity contribution in [2.45, 2.75) is 26.3 Å². The summed E-state index contributed by atoms with van der Waals surface area (Å²) in [5.74, 6) is 0.243. The van der Waals surface area contributed by atoms with Gasteiger partial charge in [0.05, 0.1) is 6.04 Å². The SMILES string of the molecule is CC(C)C[C@H](N)C(=O)N1CCN(S(N)(=O)=O)CC1.Cl. The van der Waals surface area contributed by atoms with Gasteiger partial charge in [-0.3, -0.25) is 4.79 Å². The minimum absolute atomic E-state index is 0. The predicted molar refractivity (Wildman–Crippen MR) is 75.9 cm³/mol. The molecule has 1 heterocycles. The van der Waals surface area contributed by atoms with Gasteiger partial charge in [0, 0.05) is 26.2 Å². The molecule has 0 radical (unpaired) electrons. The molecule has 0 aromatic heterocycles. The van der Waals surface area contributed by atoms with Gasteiger partial charge in [0.25, 0.3) is 10.2 Å². The van der Waals surface area contributed by atoms with E-state index in [9.17, 15) is 13.2 Å². The summed E-state index contributed by atoms with van der Waals surface area (Å²) in [5, 5.41) is 5.03. The highest BCUT2D eigenvalue weighted by atomic mass is 35.5. The number of carbonyl (C=O) groups excluding carboxylic acids is 1. The number of nitrogens with two attached hydrogens (primary N) is 2. The van der Waals surface area contributed by atoms with Gasteiger partial charge in [-0.2, -0.15) is 12.7 Å². The van der Waals surface area contributed by atoms with Crippen LogP contribution in [0.3, 0.4) is 0 Å². The highest BCUT2D eigenvalue weighted by molar-refractivity contribution is 7.86. The van der Waals surface area contributed by atoms with Crippen LogP contribution in [0.4, 0.5) is 0 Å². The van der Waals surface area contributed by atoms with Crippen molar-refractivity contribution in [1.82, 2.24) is 9.21 Å². The molecule has 0 aromatic rings. The van der Waals surface area contributed by atoms with Crippen LogP contribution in [0.25, 0.3) is 0 Å². The minimum Gasteiger partial charge on any atom is -0.339 e. The monoisotopic (exact) mass is 314 g/mol. The third-order valence-electron chi connectivity index (χ3n) is 2.95. The molecule has 19 heavy (non-hydrogen) atoms. The molecule has 0 unspecified atom stereocenters. The Kier molecular flexibility index (Phi) is 7.23. The number of halogens is 1. The van der Waals surface area contributed by atoms with Crippen LogP contribution in [0.2, 0.25) is 0 Å². The maximum absolute atomic E-state index is 12.0. The van der Waals surface area contributed by atoms with Gasteiger partial charge in [-0.15, -0.1) is 12.4 Å². The molecular weight excluding hydrogens is 292 g/mol. The van der Waals surface area contributed by atoms with E-state index in [0.29, 0.717) is 25.4 Å². The summed E-state index contributed by atoms with van der Waals surface area (Å²) in [6, 6.07) is -0.508. The zero-order valence-electron chi connectivity index (χ0n) is 11.3. The second-order valence-corrected chi connectivity index (χ2v) is 6.55. The van der Waals surface area contributed by atoms with Crippen LogP contribution >= 0.6 is 12.4 Å². The number of amides is 1. The average molecular weight is 315 g/mol. The smallest absolute Gasteiger partial charge is 0.277 e. The van der Waals surface area contributed by atoms with Crippen LogP contribution in [0.1, 0.15) is 20.3 Å². The zero-order valence-corrected chi connectivity index (χ0v) is 12.9. The third kappa shape index (κ3) is 5.62. The quantitative estimate of drug-likeness (QED) is 0.702. The summed E-state index contributed by atoms with van der Waals surface area (Å²) in [4.78, 5) is 13.6. The Labute approximate surface area is 120 Å². The Bertz CT molecular complexity index is 394. The first kappa shape index (κ1) is 18.6. The lowest BCUT2D eigenvalue weighted by Crippen LogP contribution is -2.55. The summed E-state index contributed by atoms with van der Waals surface area (Å²) in [7, 11) is -3.65. The van der Waals surface area contributed by atoms with E-state index in [1.165, 1.54) is 4.31 Å². The van der Waals surface area contributed by atoms with E-state index in [1.807, 2.05) is 13.8 Å². The summed E-state index contributed by atoms with van der Waals surface area (Å²) < 4.78 is 23.4. The Morgan fingerprint density at radius 1 is 1.21 bits per heavy atom. The molecule has 9 heteroatoms. The van der Waals surface area contributed by atoms with Crippen LogP contribution in [0, 0.1) is 5.92 Å². The van der Waals surface area contributed by atoms with Gasteiger partial charge in [-0.1, -0.05) is 13.8 Å². The van der Waals surface area contributed by atoms with Gasteiger partial charge >= 0.3 is 0 Å². The summed E-state index contributed by atoms with van der Waals surface area (Å²) in [6.45, 7) is 5.18. The van der Waals surface area contributed by atoms with Gasteiger partial charge in [-0.25, -0.2) is 5.14 Å². The number of piperazine rings is 1. The first-order valence-corrected chi connectivity index (χ1v) is 7.54. The van der Waals surface area contributed by atoms with Crippen molar-refractivity contribution in [3.05, 3.63) is 0 Å². The van der Waals surface area contributed by atoms with Crippen molar-refractivity contribution in [1.29, 1.82) is 0 Å². The molecule has 1 saturated heterocycles. The van der Waals surface area contributed by atoms with Crippen molar-refractivity contribution in [3.63, 3.8) is 0 Å². The van der Waals surface area contributed by atoms with Gasteiger partial charge in [0.1, 0.15) is 0 Å². The van der Waals surface area contributed by atoms with Crippen LogP contribution in [0.15, 0.2) is 0 Å². The number of hydrogen-bond donors (Lipinski definition) is 2. The van der Waals surface area contributed by atoms with E-state index in [4.69, 9.17) is 10.9 Å². The Balaban J connectivity index is 0.00000324. The standard InChI is InChI=1S/C10H22N4O3S.ClH/c1-8(2)7-9(11)10(15)13-3-5-14(6-4-13)18(12,16)17;/h8-9H,3-7,11H2,1-2H3,(H2,12,16,17);1H/t9-;/m0./s1. The van der Waals surface area contributed by atoms with Gasteiger partial charge in [0.15, 0.2) is 0 Å². The fourth-order valence-electron chi connectivity index (χ4n) is 2.01. The molecule has 1 aliphatic heterocycles. The van der Waals surface area contributed by atoms with E-state index < -0.39 is 16.3 Å². The topological polar surface area (TPSA) is 110 Å². The third-order valence-corrected chi connectivity index (χ3v) is 4.04. The van der Waals surface area contributed by atoms with Crippen LogP contribution in [-0.4, -0.2) is 55.8 Å². The van der Waals surface area contributed by atoms with Crippen LogP contribution in [-0.2, 0) is 15.0 Å². The van der Waals surface area contributed by atoms with E-state index >= 15 is 0 Å². The molecule has 0 saturated carbocycles. The number of carbonyl (C=O) groups is 1. The second kappa shape index (κ2) is 7.39. The normalized spacial score (nSPS) is 19.1. The molecule has 0 aromatic carbocycles. The van der Waals surface area contributed by atoms with Crippen molar-refractivity contribution in [3.8, 4) is 0 Å². The molecule has 0 bridgehead atoms. The van der Waals surface area contributed by atoms with Crippen molar-refractivity contribution >= 4 is 28.5 Å². The Morgan fingerprint density at radius 2 is 1.68 bits per heavy atom. The first-order chi connectivity index (χ1) is 8.21. The molecule has 0 spiro atoms. The molecule has 7 nitrogen and oxygen atoms in total.